The molecule has 0 saturated heterocycles. The third-order valence-corrected chi connectivity index (χ3v) is 10.3. The van der Waals surface area contributed by atoms with E-state index in [0.29, 0.717) is 17.5 Å². The Hall–Kier alpha value is -6.59. The Morgan fingerprint density at radius 1 is 0.615 bits per heavy atom. The lowest BCUT2D eigenvalue weighted by molar-refractivity contribution is 0.595. The summed E-state index contributed by atoms with van der Waals surface area (Å²) in [7, 11) is 0. The van der Waals surface area contributed by atoms with Gasteiger partial charge in [-0.15, -0.1) is 0 Å². The highest BCUT2D eigenvalue weighted by atomic mass is 16.3. The fraction of sp³-hybridized carbons (Fsp3) is 0.0851. The molecule has 0 unspecified atom stereocenters. The minimum absolute atomic E-state index is 0.581. The first kappa shape index (κ1) is 30.3. The normalized spacial score (nSPS) is 12.9. The predicted octanol–water partition coefficient (Wildman–Crippen LogP) is 12.6. The SMILES string of the molecule is C/C=C\c1c(C)c(-c2nc(-c3ccccc3)nc(-c3c(-c4ccc5c6c(oc5c4)C=CCC6)ccc4oc5ccccc5c34)n2)cc2ccccc12. The van der Waals surface area contributed by atoms with Crippen LogP contribution in [0.15, 0.2) is 136 Å². The molecule has 1 aliphatic rings. The summed E-state index contributed by atoms with van der Waals surface area (Å²) in [6, 6.07) is 39.8. The van der Waals surface area contributed by atoms with E-state index in [1.807, 2.05) is 30.3 Å². The standard InChI is InChI=1S/C47H33N3O2/c1-3-13-32-28(2)38(26-30-16-7-8-17-33(30)32)46-48-45(29-14-5-4-6-15-29)49-47(50-46)44-34(24-25-41-43(44)37-19-10-12-21-40(37)51-41)31-22-23-36-35-18-9-11-20-39(35)52-42(36)27-31/h3-8,10-17,19-27H,9,18H2,1-2H3/b13-3-. The van der Waals surface area contributed by atoms with Gasteiger partial charge in [-0.3, -0.25) is 0 Å². The van der Waals surface area contributed by atoms with Gasteiger partial charge in [-0.05, 0) is 96.1 Å². The highest BCUT2D eigenvalue weighted by Gasteiger charge is 2.24. The first-order valence-electron chi connectivity index (χ1n) is 17.8. The van der Waals surface area contributed by atoms with E-state index in [4.69, 9.17) is 23.8 Å². The maximum atomic E-state index is 6.47. The first-order chi connectivity index (χ1) is 25.6. The molecule has 0 fully saturated rings. The number of nitrogens with zero attached hydrogens (tertiary/aromatic N) is 3. The lowest BCUT2D eigenvalue weighted by Gasteiger charge is -2.16. The summed E-state index contributed by atoms with van der Waals surface area (Å²) in [6.45, 7) is 4.21. The van der Waals surface area contributed by atoms with Crippen LogP contribution in [0.1, 0.15) is 35.8 Å². The van der Waals surface area contributed by atoms with Crippen molar-refractivity contribution in [2.75, 3.05) is 0 Å². The lowest BCUT2D eigenvalue weighted by Crippen LogP contribution is -2.03. The number of allylic oxidation sites excluding steroid dienone is 2. The van der Waals surface area contributed by atoms with Gasteiger partial charge in [0.1, 0.15) is 22.5 Å². The van der Waals surface area contributed by atoms with Gasteiger partial charge in [-0.25, -0.2) is 15.0 Å². The van der Waals surface area contributed by atoms with Crippen LogP contribution in [0.5, 0.6) is 0 Å². The second-order valence-electron chi connectivity index (χ2n) is 13.4. The molecule has 10 rings (SSSR count). The van der Waals surface area contributed by atoms with Crippen molar-refractivity contribution in [2.24, 2.45) is 0 Å². The van der Waals surface area contributed by atoms with Crippen LogP contribution >= 0.6 is 0 Å². The second-order valence-corrected chi connectivity index (χ2v) is 13.4. The average molecular weight is 672 g/mol. The largest absolute Gasteiger partial charge is 0.456 e. The molecule has 248 valence electrons. The Morgan fingerprint density at radius 2 is 1.40 bits per heavy atom. The molecular weight excluding hydrogens is 639 g/mol. The third-order valence-electron chi connectivity index (χ3n) is 10.3. The van der Waals surface area contributed by atoms with E-state index < -0.39 is 0 Å². The molecule has 3 heterocycles. The summed E-state index contributed by atoms with van der Waals surface area (Å²) in [5, 5.41) is 5.47. The lowest BCUT2D eigenvalue weighted by atomic mass is 9.92. The van der Waals surface area contributed by atoms with Crippen LogP contribution in [0.4, 0.5) is 0 Å². The number of aryl methyl sites for hydroxylation is 1. The fourth-order valence-electron chi connectivity index (χ4n) is 7.85. The van der Waals surface area contributed by atoms with Gasteiger partial charge in [0, 0.05) is 38.4 Å². The van der Waals surface area contributed by atoms with Crippen molar-refractivity contribution >= 4 is 55.8 Å². The van der Waals surface area contributed by atoms with E-state index in [0.717, 1.165) is 95.8 Å². The molecule has 5 nitrogen and oxygen atoms in total. The highest BCUT2D eigenvalue weighted by molar-refractivity contribution is 6.15. The number of benzene rings is 6. The Bertz CT molecular complexity index is 2930. The molecule has 0 atom stereocenters. The highest BCUT2D eigenvalue weighted by Crippen LogP contribution is 2.44. The summed E-state index contributed by atoms with van der Waals surface area (Å²) < 4.78 is 12.9. The van der Waals surface area contributed by atoms with Gasteiger partial charge in [-0.2, -0.15) is 0 Å². The second kappa shape index (κ2) is 12.0. The van der Waals surface area contributed by atoms with Crippen molar-refractivity contribution in [3.63, 3.8) is 0 Å². The Morgan fingerprint density at radius 3 is 2.29 bits per heavy atom. The van der Waals surface area contributed by atoms with Crippen LogP contribution in [0, 0.1) is 6.92 Å². The molecule has 6 aromatic carbocycles. The van der Waals surface area contributed by atoms with Crippen molar-refractivity contribution in [1.29, 1.82) is 0 Å². The van der Waals surface area contributed by atoms with Gasteiger partial charge >= 0.3 is 0 Å². The van der Waals surface area contributed by atoms with Crippen molar-refractivity contribution in [2.45, 2.75) is 26.7 Å². The minimum atomic E-state index is 0.581. The van der Waals surface area contributed by atoms with Gasteiger partial charge < -0.3 is 8.83 Å². The van der Waals surface area contributed by atoms with Gasteiger partial charge in [0.15, 0.2) is 17.5 Å². The number of furan rings is 2. The molecule has 3 aromatic heterocycles. The Balaban J connectivity index is 1.29. The molecule has 0 saturated carbocycles. The van der Waals surface area contributed by atoms with E-state index in [9.17, 15) is 0 Å². The van der Waals surface area contributed by atoms with Crippen LogP contribution in [-0.2, 0) is 6.42 Å². The monoisotopic (exact) mass is 671 g/mol. The minimum Gasteiger partial charge on any atom is -0.456 e. The number of hydrogen-bond donors (Lipinski definition) is 0. The third kappa shape index (κ3) is 4.81. The predicted molar refractivity (Wildman–Crippen MR) is 213 cm³/mol. The van der Waals surface area contributed by atoms with Crippen LogP contribution in [-0.4, -0.2) is 15.0 Å². The van der Waals surface area contributed by atoms with Gasteiger partial charge in [-0.1, -0.05) is 103 Å². The quantitative estimate of drug-likeness (QED) is 0.182. The average Bonchev–Trinajstić information content (AvgIpc) is 3.77. The summed E-state index contributed by atoms with van der Waals surface area (Å²) in [4.78, 5) is 15.9. The molecule has 9 aromatic rings. The topological polar surface area (TPSA) is 65.0 Å². The van der Waals surface area contributed by atoms with E-state index >= 15 is 0 Å². The van der Waals surface area contributed by atoms with Crippen molar-refractivity contribution in [1.82, 2.24) is 15.0 Å². The zero-order chi connectivity index (χ0) is 34.8. The van der Waals surface area contributed by atoms with E-state index in [-0.39, 0.29) is 0 Å². The fourth-order valence-corrected chi connectivity index (χ4v) is 7.85. The molecule has 0 aliphatic heterocycles. The molecule has 52 heavy (non-hydrogen) atoms. The summed E-state index contributed by atoms with van der Waals surface area (Å²) in [5.41, 5.74) is 10.8. The van der Waals surface area contributed by atoms with Gasteiger partial charge in [0.05, 0.1) is 0 Å². The zero-order valence-corrected chi connectivity index (χ0v) is 28.9. The van der Waals surface area contributed by atoms with Crippen LogP contribution in [0.3, 0.4) is 0 Å². The van der Waals surface area contributed by atoms with E-state index in [1.54, 1.807) is 0 Å². The van der Waals surface area contributed by atoms with E-state index in [2.05, 4.69) is 123 Å². The number of para-hydroxylation sites is 1. The molecule has 5 heteroatoms. The summed E-state index contributed by atoms with van der Waals surface area (Å²) in [5.74, 6) is 2.76. The maximum Gasteiger partial charge on any atom is 0.165 e. The first-order valence-corrected chi connectivity index (χ1v) is 17.8. The summed E-state index contributed by atoms with van der Waals surface area (Å²) >= 11 is 0. The van der Waals surface area contributed by atoms with Crippen LogP contribution in [0.25, 0.3) is 101 Å². The van der Waals surface area contributed by atoms with Crippen molar-refractivity contribution in [3.8, 4) is 45.3 Å². The van der Waals surface area contributed by atoms with Gasteiger partial charge in [0.2, 0.25) is 0 Å². The number of aromatic nitrogens is 3. The zero-order valence-electron chi connectivity index (χ0n) is 28.9. The van der Waals surface area contributed by atoms with Crippen molar-refractivity contribution in [3.05, 3.63) is 150 Å². The molecule has 0 spiro atoms. The number of fused-ring (bicyclic) bond motifs is 7. The smallest absolute Gasteiger partial charge is 0.165 e. The number of rotatable bonds is 5. The Kier molecular flexibility index (Phi) is 7.00. The summed E-state index contributed by atoms with van der Waals surface area (Å²) in [6.07, 6.45) is 10.6. The van der Waals surface area contributed by atoms with Crippen LogP contribution in [0.2, 0.25) is 0 Å². The van der Waals surface area contributed by atoms with E-state index in [1.165, 1.54) is 10.9 Å². The maximum absolute atomic E-state index is 6.47. The molecule has 1 aliphatic carbocycles. The number of hydrogen-bond acceptors (Lipinski definition) is 5. The molecular formula is C47H33N3O2. The Labute approximate surface area is 300 Å². The van der Waals surface area contributed by atoms with Crippen LogP contribution < -0.4 is 0 Å². The van der Waals surface area contributed by atoms with Crippen molar-refractivity contribution < 1.29 is 8.83 Å². The molecule has 0 radical (unpaired) electrons. The molecule has 0 N–H and O–H groups in total. The van der Waals surface area contributed by atoms with Gasteiger partial charge in [0.25, 0.3) is 0 Å². The molecule has 0 amide bonds. The molecule has 0 bridgehead atoms.